The van der Waals surface area contributed by atoms with Gasteiger partial charge in [-0.05, 0) is 55.2 Å². The Morgan fingerprint density at radius 1 is 1.15 bits per heavy atom. The van der Waals surface area contributed by atoms with Gasteiger partial charge < -0.3 is 4.90 Å². The lowest BCUT2D eigenvalue weighted by Crippen LogP contribution is -2.29. The zero-order valence-electron chi connectivity index (χ0n) is 16.4. The average Bonchev–Trinajstić information content (AvgIpc) is 3.11. The summed E-state index contributed by atoms with van der Waals surface area (Å²) in [4.78, 5) is 24.2. The smallest absolute Gasteiger partial charge is 0.253 e. The molecule has 0 N–H and O–H groups in total. The maximum absolute atomic E-state index is 13.1. The topological polar surface area (TPSA) is 46.1 Å². The van der Waals surface area contributed by atoms with Crippen LogP contribution in [0.2, 0.25) is 0 Å². The highest BCUT2D eigenvalue weighted by atomic mass is 16.2. The molecule has 1 aliphatic heterocycles. The van der Waals surface area contributed by atoms with Gasteiger partial charge in [-0.25, -0.2) is 9.97 Å². The van der Waals surface area contributed by atoms with Crippen molar-refractivity contribution in [3.05, 3.63) is 59.6 Å². The first-order valence-corrected chi connectivity index (χ1v) is 9.91. The molecule has 0 radical (unpaired) electrons. The lowest BCUT2D eigenvalue weighted by Gasteiger charge is -2.17. The van der Waals surface area contributed by atoms with Crippen LogP contribution >= 0.6 is 0 Å². The molecule has 140 valence electrons. The molecule has 0 bridgehead atoms. The van der Waals surface area contributed by atoms with E-state index in [2.05, 4.69) is 36.0 Å². The van der Waals surface area contributed by atoms with E-state index in [9.17, 15) is 4.79 Å². The second-order valence-corrected chi connectivity index (χ2v) is 8.13. The molecule has 0 spiro atoms. The van der Waals surface area contributed by atoms with E-state index in [4.69, 9.17) is 0 Å². The quantitative estimate of drug-likeness (QED) is 0.750. The van der Waals surface area contributed by atoms with Crippen molar-refractivity contribution in [3.63, 3.8) is 0 Å². The van der Waals surface area contributed by atoms with Crippen LogP contribution in [0.15, 0.2) is 42.6 Å². The maximum atomic E-state index is 13.1. The van der Waals surface area contributed by atoms with Crippen LogP contribution in [-0.2, 0) is 0 Å². The Morgan fingerprint density at radius 3 is 2.52 bits per heavy atom. The molecule has 27 heavy (non-hydrogen) atoms. The predicted molar refractivity (Wildman–Crippen MR) is 108 cm³/mol. The highest BCUT2D eigenvalue weighted by Gasteiger charge is 2.35. The number of hydrogen-bond donors (Lipinski definition) is 0. The molecule has 2 aromatic rings. The van der Waals surface area contributed by atoms with E-state index < -0.39 is 0 Å². The Hall–Kier alpha value is -2.49. The lowest BCUT2D eigenvalue weighted by molar-refractivity contribution is 0.0784. The molecule has 4 heteroatoms. The number of likely N-dealkylation sites (tertiary alicyclic amines) is 1. The van der Waals surface area contributed by atoms with E-state index in [1.165, 1.54) is 0 Å². The van der Waals surface area contributed by atoms with E-state index in [1.54, 1.807) is 0 Å². The monoisotopic (exact) mass is 361 g/mol. The van der Waals surface area contributed by atoms with Crippen molar-refractivity contribution in [2.45, 2.75) is 39.5 Å². The number of rotatable bonds is 3. The molecular weight excluding hydrogens is 334 g/mol. The molecular formula is C23H27N3O. The third-order valence-electron chi connectivity index (χ3n) is 5.85. The first-order valence-electron chi connectivity index (χ1n) is 9.91. The summed E-state index contributed by atoms with van der Waals surface area (Å²) in [6.07, 6.45) is 8.65. The molecule has 0 unspecified atom stereocenters. The van der Waals surface area contributed by atoms with Crippen molar-refractivity contribution in [2.75, 3.05) is 13.1 Å². The van der Waals surface area contributed by atoms with Gasteiger partial charge >= 0.3 is 0 Å². The molecule has 2 heterocycles. The Bertz CT molecular complexity index is 871. The molecule has 2 atom stereocenters. The summed E-state index contributed by atoms with van der Waals surface area (Å²) in [5.41, 5.74) is 3.80. The van der Waals surface area contributed by atoms with E-state index in [0.29, 0.717) is 17.8 Å². The van der Waals surface area contributed by atoms with Crippen LogP contribution in [0.5, 0.6) is 0 Å². The first kappa shape index (κ1) is 17.9. The number of aryl methyl sites for hydroxylation is 1. The van der Waals surface area contributed by atoms with Crippen molar-refractivity contribution in [1.29, 1.82) is 0 Å². The minimum atomic E-state index is 0.142. The summed E-state index contributed by atoms with van der Waals surface area (Å²) in [6, 6.07) is 7.93. The zero-order chi connectivity index (χ0) is 19.0. The van der Waals surface area contributed by atoms with Gasteiger partial charge in [0.25, 0.3) is 5.91 Å². The SMILES string of the molecule is Cc1ncc(C(C)C)c(-c2cccc(C(=O)N3C[C@H]4CC=CC[C@H]4C3)c2)n1. The second-order valence-electron chi connectivity index (χ2n) is 8.13. The summed E-state index contributed by atoms with van der Waals surface area (Å²) >= 11 is 0. The minimum absolute atomic E-state index is 0.142. The standard InChI is InChI=1S/C23H27N3O/c1-15(2)21-12-24-16(3)25-22(21)17-9-6-10-18(11-17)23(27)26-13-19-7-4-5-8-20(19)14-26/h4-6,9-12,15,19-20H,7-8,13-14H2,1-3H3/t19-,20+. The summed E-state index contributed by atoms with van der Waals surface area (Å²) < 4.78 is 0. The fourth-order valence-corrected chi connectivity index (χ4v) is 4.30. The highest BCUT2D eigenvalue weighted by Crippen LogP contribution is 2.34. The molecule has 2 aliphatic rings. The Morgan fingerprint density at radius 2 is 1.85 bits per heavy atom. The van der Waals surface area contributed by atoms with Gasteiger partial charge in [0.2, 0.25) is 0 Å². The van der Waals surface area contributed by atoms with Gasteiger partial charge in [-0.2, -0.15) is 0 Å². The molecule has 1 aromatic carbocycles. The number of benzene rings is 1. The van der Waals surface area contributed by atoms with E-state index in [-0.39, 0.29) is 5.91 Å². The molecule has 1 amide bonds. The van der Waals surface area contributed by atoms with Crippen LogP contribution in [0.3, 0.4) is 0 Å². The molecule has 1 aromatic heterocycles. The average molecular weight is 361 g/mol. The summed E-state index contributed by atoms with van der Waals surface area (Å²) in [6.45, 7) is 7.95. The maximum Gasteiger partial charge on any atom is 0.253 e. The van der Waals surface area contributed by atoms with Crippen LogP contribution in [0.25, 0.3) is 11.3 Å². The number of carbonyl (C=O) groups is 1. The highest BCUT2D eigenvalue weighted by molar-refractivity contribution is 5.95. The molecule has 1 fully saturated rings. The summed E-state index contributed by atoms with van der Waals surface area (Å²) in [5.74, 6) is 2.47. The van der Waals surface area contributed by atoms with Crippen LogP contribution in [-0.4, -0.2) is 33.9 Å². The molecule has 0 saturated carbocycles. The largest absolute Gasteiger partial charge is 0.338 e. The van der Waals surface area contributed by atoms with Crippen molar-refractivity contribution in [3.8, 4) is 11.3 Å². The Labute approximate surface area is 161 Å². The van der Waals surface area contributed by atoms with E-state index in [1.807, 2.05) is 42.3 Å². The van der Waals surface area contributed by atoms with Crippen LogP contribution in [0.1, 0.15) is 54.4 Å². The van der Waals surface area contributed by atoms with Gasteiger partial charge in [0.15, 0.2) is 0 Å². The summed E-state index contributed by atoms with van der Waals surface area (Å²) in [7, 11) is 0. The van der Waals surface area contributed by atoms with Gasteiger partial charge in [0.1, 0.15) is 5.82 Å². The summed E-state index contributed by atoms with van der Waals surface area (Å²) in [5, 5.41) is 0. The normalized spacial score (nSPS) is 21.6. The van der Waals surface area contributed by atoms with Gasteiger partial charge in [0.05, 0.1) is 5.69 Å². The van der Waals surface area contributed by atoms with Crippen molar-refractivity contribution in [1.82, 2.24) is 14.9 Å². The third kappa shape index (κ3) is 3.53. The van der Waals surface area contributed by atoms with Gasteiger partial charge in [-0.3, -0.25) is 4.79 Å². The van der Waals surface area contributed by atoms with Crippen molar-refractivity contribution in [2.24, 2.45) is 11.8 Å². The molecule has 4 rings (SSSR count). The second kappa shape index (κ2) is 7.26. The van der Waals surface area contributed by atoms with Crippen LogP contribution in [0.4, 0.5) is 0 Å². The van der Waals surface area contributed by atoms with Crippen molar-refractivity contribution >= 4 is 5.91 Å². The minimum Gasteiger partial charge on any atom is -0.338 e. The number of aromatic nitrogens is 2. The Kier molecular flexibility index (Phi) is 4.81. The number of carbonyl (C=O) groups excluding carboxylic acids is 1. The van der Waals surface area contributed by atoms with Gasteiger partial charge in [-0.15, -0.1) is 0 Å². The lowest BCUT2D eigenvalue weighted by atomic mass is 9.86. The first-order chi connectivity index (χ1) is 13.0. The van der Waals surface area contributed by atoms with Crippen molar-refractivity contribution < 1.29 is 4.79 Å². The van der Waals surface area contributed by atoms with E-state index >= 15 is 0 Å². The molecule has 4 nitrogen and oxygen atoms in total. The predicted octanol–water partition coefficient (Wildman–Crippen LogP) is 4.61. The molecule has 1 aliphatic carbocycles. The fourth-order valence-electron chi connectivity index (χ4n) is 4.30. The zero-order valence-corrected chi connectivity index (χ0v) is 16.4. The van der Waals surface area contributed by atoms with Gasteiger partial charge in [-0.1, -0.05) is 38.1 Å². The number of allylic oxidation sites excluding steroid dienone is 2. The van der Waals surface area contributed by atoms with E-state index in [0.717, 1.165) is 54.1 Å². The number of amides is 1. The number of hydrogen-bond acceptors (Lipinski definition) is 3. The number of fused-ring (bicyclic) bond motifs is 1. The Balaban J connectivity index is 1.62. The number of nitrogens with zero attached hydrogens (tertiary/aromatic N) is 3. The fraction of sp³-hybridized carbons (Fsp3) is 0.435. The van der Waals surface area contributed by atoms with Gasteiger partial charge in [0, 0.05) is 30.4 Å². The molecule has 1 saturated heterocycles. The van der Waals surface area contributed by atoms with Crippen LogP contribution in [0, 0.1) is 18.8 Å². The third-order valence-corrected chi connectivity index (χ3v) is 5.85. The van der Waals surface area contributed by atoms with Crippen LogP contribution < -0.4 is 0 Å².